The first kappa shape index (κ1) is 17.8. The molecule has 0 bridgehead atoms. The van der Waals surface area contributed by atoms with Crippen LogP contribution < -0.4 is 5.32 Å². The number of piperazine rings is 1. The van der Waals surface area contributed by atoms with Crippen LogP contribution in [0.4, 0.5) is 0 Å². The molecule has 29 heavy (non-hydrogen) atoms. The van der Waals surface area contributed by atoms with Crippen molar-refractivity contribution in [1.82, 2.24) is 29.8 Å². The molecule has 4 aromatic rings. The van der Waals surface area contributed by atoms with E-state index < -0.39 is 0 Å². The van der Waals surface area contributed by atoms with E-state index in [4.69, 9.17) is 0 Å². The van der Waals surface area contributed by atoms with E-state index >= 15 is 0 Å². The van der Waals surface area contributed by atoms with Crippen molar-refractivity contribution in [2.24, 2.45) is 0 Å². The predicted octanol–water partition coefficient (Wildman–Crippen LogP) is 2.40. The van der Waals surface area contributed by atoms with Crippen molar-refractivity contribution in [3.05, 3.63) is 60.7 Å². The number of benzene rings is 1. The van der Waals surface area contributed by atoms with E-state index in [-0.39, 0.29) is 0 Å². The van der Waals surface area contributed by atoms with Crippen LogP contribution in [0, 0.1) is 11.8 Å². The van der Waals surface area contributed by atoms with Crippen molar-refractivity contribution in [1.29, 1.82) is 0 Å². The Morgan fingerprint density at radius 3 is 2.79 bits per heavy atom. The van der Waals surface area contributed by atoms with Gasteiger partial charge in [0.25, 0.3) is 0 Å². The Bertz CT molecular complexity index is 1200. The van der Waals surface area contributed by atoms with E-state index in [1.54, 1.807) is 0 Å². The average molecular weight is 382 g/mol. The van der Waals surface area contributed by atoms with Gasteiger partial charge in [0.1, 0.15) is 0 Å². The molecule has 4 heterocycles. The van der Waals surface area contributed by atoms with Crippen molar-refractivity contribution < 1.29 is 0 Å². The molecule has 1 aliphatic rings. The van der Waals surface area contributed by atoms with Gasteiger partial charge in [-0.1, -0.05) is 30.0 Å². The molecule has 1 N–H and O–H groups in total. The van der Waals surface area contributed by atoms with Crippen LogP contribution >= 0.6 is 0 Å². The van der Waals surface area contributed by atoms with Gasteiger partial charge in [-0.05, 0) is 17.7 Å². The molecule has 0 spiro atoms. The van der Waals surface area contributed by atoms with Gasteiger partial charge in [-0.3, -0.25) is 9.88 Å². The third kappa shape index (κ3) is 3.70. The molecule has 3 aromatic heterocycles. The van der Waals surface area contributed by atoms with Crippen LogP contribution in [-0.2, 0) is 6.42 Å². The lowest BCUT2D eigenvalue weighted by Crippen LogP contribution is -2.43. The summed E-state index contributed by atoms with van der Waals surface area (Å²) in [5, 5.41) is 9.00. The molecule has 0 unspecified atom stereocenters. The van der Waals surface area contributed by atoms with E-state index in [2.05, 4.69) is 43.2 Å². The second kappa shape index (κ2) is 8.00. The zero-order chi connectivity index (χ0) is 19.5. The second-order valence-corrected chi connectivity index (χ2v) is 7.22. The summed E-state index contributed by atoms with van der Waals surface area (Å²) in [5.74, 6) is 6.56. The van der Waals surface area contributed by atoms with Crippen LogP contribution in [0.1, 0.15) is 5.56 Å². The Balaban J connectivity index is 1.37. The maximum atomic E-state index is 4.69. The summed E-state index contributed by atoms with van der Waals surface area (Å²) >= 11 is 0. The summed E-state index contributed by atoms with van der Waals surface area (Å²) in [4.78, 5) is 11.5. The lowest BCUT2D eigenvalue weighted by Gasteiger charge is -2.24. The molecule has 1 aromatic carbocycles. The first-order valence-corrected chi connectivity index (χ1v) is 9.94. The Morgan fingerprint density at radius 1 is 0.966 bits per heavy atom. The molecule has 0 aliphatic carbocycles. The van der Waals surface area contributed by atoms with E-state index in [9.17, 15) is 0 Å². The first-order valence-electron chi connectivity index (χ1n) is 9.94. The van der Waals surface area contributed by atoms with Gasteiger partial charge in [0, 0.05) is 67.7 Å². The van der Waals surface area contributed by atoms with Crippen molar-refractivity contribution >= 4 is 16.6 Å². The third-order valence-corrected chi connectivity index (χ3v) is 5.28. The second-order valence-electron chi connectivity index (χ2n) is 7.22. The lowest BCUT2D eigenvalue weighted by molar-refractivity contribution is 0.268. The number of nitrogens with zero attached hydrogens (tertiary/aromatic N) is 5. The van der Waals surface area contributed by atoms with E-state index in [1.807, 2.05) is 53.6 Å². The number of aromatic nitrogens is 4. The predicted molar refractivity (Wildman–Crippen MR) is 115 cm³/mol. The largest absolute Gasteiger partial charge is 0.314 e. The van der Waals surface area contributed by atoms with Crippen molar-refractivity contribution in [3.8, 4) is 23.0 Å². The maximum Gasteiger partial charge on any atom is 0.162 e. The summed E-state index contributed by atoms with van der Waals surface area (Å²) < 4.78 is 1.85. The summed E-state index contributed by atoms with van der Waals surface area (Å²) in [6, 6.07) is 10.2. The molecule has 6 heteroatoms. The SMILES string of the molecule is C(#CCN1CCNCC1)Cc1cnc2c(-c3ccnc4ccccc34)cnn2c1. The van der Waals surface area contributed by atoms with E-state index in [0.29, 0.717) is 6.42 Å². The molecule has 1 aliphatic heterocycles. The molecule has 0 radical (unpaired) electrons. The third-order valence-electron chi connectivity index (χ3n) is 5.28. The minimum atomic E-state index is 0.683. The fourth-order valence-corrected chi connectivity index (χ4v) is 3.73. The number of hydrogen-bond donors (Lipinski definition) is 1. The zero-order valence-electron chi connectivity index (χ0n) is 16.2. The van der Waals surface area contributed by atoms with Crippen LogP contribution in [-0.4, -0.2) is 57.2 Å². The molecule has 1 fully saturated rings. The lowest BCUT2D eigenvalue weighted by atomic mass is 10.0. The van der Waals surface area contributed by atoms with Gasteiger partial charge in [0.15, 0.2) is 5.65 Å². The number of nitrogens with one attached hydrogen (secondary N) is 1. The Morgan fingerprint density at radius 2 is 1.86 bits per heavy atom. The highest BCUT2D eigenvalue weighted by molar-refractivity contribution is 5.97. The Hall–Kier alpha value is -3.27. The smallest absolute Gasteiger partial charge is 0.162 e. The molecule has 0 amide bonds. The number of fused-ring (bicyclic) bond motifs is 2. The maximum absolute atomic E-state index is 4.69. The number of hydrogen-bond acceptors (Lipinski definition) is 5. The summed E-state index contributed by atoms with van der Waals surface area (Å²) in [6.45, 7) is 5.08. The van der Waals surface area contributed by atoms with Crippen molar-refractivity contribution in [3.63, 3.8) is 0 Å². The van der Waals surface area contributed by atoms with Gasteiger partial charge >= 0.3 is 0 Å². The highest BCUT2D eigenvalue weighted by Gasteiger charge is 2.12. The Kier molecular flexibility index (Phi) is 4.91. The topological polar surface area (TPSA) is 58.3 Å². The van der Waals surface area contributed by atoms with Gasteiger partial charge in [0.05, 0.1) is 18.3 Å². The van der Waals surface area contributed by atoms with Crippen LogP contribution in [0.5, 0.6) is 0 Å². The number of pyridine rings is 1. The average Bonchev–Trinajstić information content (AvgIpc) is 3.20. The minimum Gasteiger partial charge on any atom is -0.314 e. The monoisotopic (exact) mass is 382 g/mol. The molecule has 144 valence electrons. The standard InChI is InChI=1S/C23H22N6/c1-2-7-22-20(6-1)19(8-9-25-22)21-16-27-29-17-18(15-26-23(21)29)5-3-4-12-28-13-10-24-11-14-28/h1-2,6-9,15-17,24H,5,10-14H2. The zero-order valence-corrected chi connectivity index (χ0v) is 16.2. The molecule has 6 nitrogen and oxygen atoms in total. The van der Waals surface area contributed by atoms with Crippen molar-refractivity contribution in [2.75, 3.05) is 32.7 Å². The van der Waals surface area contributed by atoms with Gasteiger partial charge < -0.3 is 5.32 Å². The highest BCUT2D eigenvalue weighted by Crippen LogP contribution is 2.29. The minimum absolute atomic E-state index is 0.683. The molecular weight excluding hydrogens is 360 g/mol. The van der Waals surface area contributed by atoms with Crippen LogP contribution in [0.3, 0.4) is 0 Å². The van der Waals surface area contributed by atoms with E-state index in [0.717, 1.165) is 66.0 Å². The van der Waals surface area contributed by atoms with Gasteiger partial charge in [0.2, 0.25) is 0 Å². The van der Waals surface area contributed by atoms with E-state index in [1.165, 1.54) is 0 Å². The molecule has 1 saturated heterocycles. The summed E-state index contributed by atoms with van der Waals surface area (Å²) in [5.41, 5.74) is 5.00. The molecule has 5 rings (SSSR count). The van der Waals surface area contributed by atoms with Crippen LogP contribution in [0.25, 0.3) is 27.7 Å². The summed E-state index contributed by atoms with van der Waals surface area (Å²) in [6.07, 6.45) is 8.33. The fraction of sp³-hybridized carbons (Fsp3) is 0.261. The van der Waals surface area contributed by atoms with Gasteiger partial charge in [-0.2, -0.15) is 5.10 Å². The number of para-hydroxylation sites is 1. The molecular formula is C23H22N6. The van der Waals surface area contributed by atoms with Crippen molar-refractivity contribution in [2.45, 2.75) is 6.42 Å². The van der Waals surface area contributed by atoms with Crippen LogP contribution in [0.2, 0.25) is 0 Å². The van der Waals surface area contributed by atoms with Crippen LogP contribution in [0.15, 0.2) is 55.1 Å². The quantitative estimate of drug-likeness (QED) is 0.552. The highest BCUT2D eigenvalue weighted by atomic mass is 15.2. The summed E-state index contributed by atoms with van der Waals surface area (Å²) in [7, 11) is 0. The van der Waals surface area contributed by atoms with Gasteiger partial charge in [-0.25, -0.2) is 9.50 Å². The van der Waals surface area contributed by atoms with Gasteiger partial charge in [-0.15, -0.1) is 0 Å². The molecule has 0 saturated carbocycles. The fourth-order valence-electron chi connectivity index (χ4n) is 3.73. The number of rotatable bonds is 3. The molecule has 0 atom stereocenters. The first-order chi connectivity index (χ1) is 14.4. The Labute approximate surface area is 169 Å². The normalized spacial score (nSPS) is 14.8.